The number of H-pyrrole nitrogens is 2. The first-order valence-electron chi connectivity index (χ1n) is 10.9. The zero-order valence-corrected chi connectivity index (χ0v) is 17.6. The Bertz CT molecular complexity index is 1280. The number of benzene rings is 1. The van der Waals surface area contributed by atoms with Gasteiger partial charge >= 0.3 is 0 Å². The third kappa shape index (κ3) is 3.28. The number of hydrogen-bond acceptors (Lipinski definition) is 6. The van der Waals surface area contributed by atoms with Crippen LogP contribution in [-0.2, 0) is 0 Å². The van der Waals surface area contributed by atoms with Crippen LogP contribution in [0, 0.1) is 0 Å². The number of imidazole rings is 1. The highest BCUT2D eigenvalue weighted by Gasteiger charge is 2.21. The van der Waals surface area contributed by atoms with Gasteiger partial charge < -0.3 is 20.1 Å². The lowest BCUT2D eigenvalue weighted by Crippen LogP contribution is -2.44. The minimum atomic E-state index is 0.779. The summed E-state index contributed by atoms with van der Waals surface area (Å²) >= 11 is 0. The van der Waals surface area contributed by atoms with E-state index in [9.17, 15) is 0 Å². The Labute approximate surface area is 180 Å². The number of aromatic amines is 2. The summed E-state index contributed by atoms with van der Waals surface area (Å²) in [5.41, 5.74) is 6.42. The van der Waals surface area contributed by atoms with Gasteiger partial charge in [-0.3, -0.25) is 5.10 Å². The van der Waals surface area contributed by atoms with Crippen molar-refractivity contribution in [2.45, 2.75) is 6.42 Å². The summed E-state index contributed by atoms with van der Waals surface area (Å²) in [6.07, 6.45) is 5.19. The van der Waals surface area contributed by atoms with Crippen molar-refractivity contribution in [2.24, 2.45) is 0 Å². The monoisotopic (exact) mass is 414 g/mol. The number of nitrogens with one attached hydrogen (secondary N) is 3. The molecule has 2 aliphatic rings. The highest BCUT2D eigenvalue weighted by atomic mass is 15.3. The largest absolute Gasteiger partial charge is 0.352 e. The van der Waals surface area contributed by atoms with Crippen molar-refractivity contribution in [2.75, 3.05) is 51.2 Å². The Morgan fingerprint density at radius 2 is 1.94 bits per heavy atom. The average molecular weight is 415 g/mol. The van der Waals surface area contributed by atoms with E-state index < -0.39 is 0 Å². The number of fused-ring (bicyclic) bond motifs is 2. The summed E-state index contributed by atoms with van der Waals surface area (Å²) in [4.78, 5) is 17.8. The molecule has 2 aliphatic heterocycles. The molecule has 0 saturated carbocycles. The minimum Gasteiger partial charge on any atom is -0.352 e. The molecule has 0 atom stereocenters. The van der Waals surface area contributed by atoms with Crippen LogP contribution in [-0.4, -0.2) is 76.4 Å². The van der Waals surface area contributed by atoms with Crippen LogP contribution in [0.4, 0.5) is 5.82 Å². The Kier molecular flexibility index (Phi) is 4.47. The Morgan fingerprint density at radius 1 is 1.03 bits per heavy atom. The first kappa shape index (κ1) is 18.5. The van der Waals surface area contributed by atoms with Crippen molar-refractivity contribution in [3.63, 3.8) is 0 Å². The second-order valence-electron chi connectivity index (χ2n) is 8.42. The predicted molar refractivity (Wildman–Crippen MR) is 124 cm³/mol. The summed E-state index contributed by atoms with van der Waals surface area (Å²) in [5.74, 6) is 1.73. The molecule has 8 heteroatoms. The van der Waals surface area contributed by atoms with Gasteiger partial charge in [0, 0.05) is 44.3 Å². The molecule has 5 heterocycles. The molecule has 0 spiro atoms. The fraction of sp³-hybridized carbons (Fsp3) is 0.348. The molecular weight excluding hydrogens is 388 g/mol. The van der Waals surface area contributed by atoms with Gasteiger partial charge in [0.25, 0.3) is 0 Å². The zero-order chi connectivity index (χ0) is 20.8. The van der Waals surface area contributed by atoms with Crippen molar-refractivity contribution in [3.8, 4) is 11.5 Å². The fourth-order valence-corrected chi connectivity index (χ4v) is 4.56. The third-order valence-electron chi connectivity index (χ3n) is 6.41. The molecule has 158 valence electrons. The lowest BCUT2D eigenvalue weighted by molar-refractivity contribution is 0.312. The van der Waals surface area contributed by atoms with Gasteiger partial charge in [-0.25, -0.2) is 9.97 Å². The highest BCUT2D eigenvalue weighted by Crippen LogP contribution is 2.31. The fourth-order valence-electron chi connectivity index (χ4n) is 4.56. The second-order valence-corrected chi connectivity index (χ2v) is 8.42. The van der Waals surface area contributed by atoms with E-state index in [1.165, 1.54) is 11.1 Å². The van der Waals surface area contributed by atoms with Gasteiger partial charge in [0.2, 0.25) is 0 Å². The van der Waals surface area contributed by atoms with Crippen LogP contribution in [0.15, 0.2) is 36.5 Å². The SMILES string of the molecule is CN1CCN(c2nccc3[nH]c(-c4n[nH]c5ccc(C6=CCNCC6)cc45)nc23)CC1. The van der Waals surface area contributed by atoms with Crippen LogP contribution in [0.25, 0.3) is 39.0 Å². The van der Waals surface area contributed by atoms with E-state index in [-0.39, 0.29) is 0 Å². The summed E-state index contributed by atoms with van der Waals surface area (Å²) in [7, 11) is 2.16. The first-order chi connectivity index (χ1) is 15.3. The Hall–Kier alpha value is -3.23. The van der Waals surface area contributed by atoms with Crippen molar-refractivity contribution in [1.82, 2.24) is 35.4 Å². The molecule has 31 heavy (non-hydrogen) atoms. The van der Waals surface area contributed by atoms with Gasteiger partial charge in [-0.05, 0) is 49.3 Å². The van der Waals surface area contributed by atoms with Crippen LogP contribution in [0.2, 0.25) is 0 Å². The van der Waals surface area contributed by atoms with E-state index in [2.05, 4.69) is 66.6 Å². The smallest absolute Gasteiger partial charge is 0.159 e. The molecule has 0 radical (unpaired) electrons. The van der Waals surface area contributed by atoms with Crippen LogP contribution in [0.1, 0.15) is 12.0 Å². The number of rotatable bonds is 3. The molecule has 4 aromatic rings. The number of aromatic nitrogens is 5. The van der Waals surface area contributed by atoms with E-state index in [0.29, 0.717) is 0 Å². The molecule has 0 bridgehead atoms. The van der Waals surface area contributed by atoms with E-state index >= 15 is 0 Å². The summed E-state index contributed by atoms with van der Waals surface area (Å²) in [6, 6.07) is 8.52. The normalized spacial score (nSPS) is 18.1. The van der Waals surface area contributed by atoms with E-state index in [1.807, 2.05) is 12.3 Å². The zero-order valence-electron chi connectivity index (χ0n) is 17.6. The van der Waals surface area contributed by atoms with Gasteiger partial charge in [0.15, 0.2) is 11.6 Å². The van der Waals surface area contributed by atoms with E-state index in [1.54, 1.807) is 0 Å². The molecule has 6 rings (SSSR count). The van der Waals surface area contributed by atoms with Gasteiger partial charge in [0.05, 0.1) is 11.0 Å². The second kappa shape index (κ2) is 7.47. The van der Waals surface area contributed by atoms with E-state index in [0.717, 1.165) is 85.0 Å². The predicted octanol–water partition coefficient (Wildman–Crippen LogP) is 2.63. The number of nitrogens with zero attached hydrogens (tertiary/aromatic N) is 5. The van der Waals surface area contributed by atoms with Gasteiger partial charge in [-0.2, -0.15) is 5.10 Å². The van der Waals surface area contributed by atoms with Crippen LogP contribution < -0.4 is 10.2 Å². The number of pyridine rings is 1. The molecule has 3 aromatic heterocycles. The van der Waals surface area contributed by atoms with Gasteiger partial charge in [-0.15, -0.1) is 0 Å². The molecule has 1 fully saturated rings. The van der Waals surface area contributed by atoms with Gasteiger partial charge in [-0.1, -0.05) is 12.1 Å². The molecule has 1 aromatic carbocycles. The number of piperazine rings is 1. The van der Waals surface area contributed by atoms with Gasteiger partial charge in [0.1, 0.15) is 11.2 Å². The average Bonchev–Trinajstić information content (AvgIpc) is 3.43. The third-order valence-corrected chi connectivity index (χ3v) is 6.41. The molecular formula is C23H26N8. The summed E-state index contributed by atoms with van der Waals surface area (Å²) < 4.78 is 0. The first-order valence-corrected chi connectivity index (χ1v) is 10.9. The van der Waals surface area contributed by atoms with Crippen molar-refractivity contribution >= 4 is 33.3 Å². The maximum atomic E-state index is 4.96. The van der Waals surface area contributed by atoms with Crippen LogP contribution in [0.5, 0.6) is 0 Å². The molecule has 3 N–H and O–H groups in total. The molecule has 1 saturated heterocycles. The van der Waals surface area contributed by atoms with Crippen LogP contribution >= 0.6 is 0 Å². The molecule has 8 nitrogen and oxygen atoms in total. The van der Waals surface area contributed by atoms with Crippen molar-refractivity contribution in [3.05, 3.63) is 42.1 Å². The van der Waals surface area contributed by atoms with Crippen molar-refractivity contribution in [1.29, 1.82) is 0 Å². The minimum absolute atomic E-state index is 0.779. The number of hydrogen-bond donors (Lipinski definition) is 3. The topological polar surface area (TPSA) is 88.8 Å². The lowest BCUT2D eigenvalue weighted by atomic mass is 9.98. The maximum Gasteiger partial charge on any atom is 0.159 e. The quantitative estimate of drug-likeness (QED) is 0.478. The highest BCUT2D eigenvalue weighted by molar-refractivity contribution is 5.96. The van der Waals surface area contributed by atoms with Crippen molar-refractivity contribution < 1.29 is 0 Å². The summed E-state index contributed by atoms with van der Waals surface area (Å²) in [5, 5.41) is 12.2. The van der Waals surface area contributed by atoms with Crippen LogP contribution in [0.3, 0.4) is 0 Å². The molecule has 0 aliphatic carbocycles. The molecule has 0 unspecified atom stereocenters. The summed E-state index contributed by atoms with van der Waals surface area (Å²) in [6.45, 7) is 5.94. The Balaban J connectivity index is 1.42. The number of likely N-dealkylation sites (N-methyl/N-ethyl adjacent to an activating group) is 1. The van der Waals surface area contributed by atoms with E-state index in [4.69, 9.17) is 4.98 Å². The lowest BCUT2D eigenvalue weighted by Gasteiger charge is -2.33. The molecule has 0 amide bonds. The number of anilines is 1. The Morgan fingerprint density at radius 3 is 2.77 bits per heavy atom. The standard InChI is InChI=1S/C23H26N8/c1-30-10-12-31(13-11-30)23-21-19(6-9-25-23)26-22(27-21)20-17-14-16(2-3-18(17)28-29-20)15-4-7-24-8-5-15/h2-4,6,9,14,24H,5,7-8,10-13H2,1H3,(H,26,27)(H,28,29). The maximum absolute atomic E-state index is 4.96.